The molecule has 2 N–H and O–H groups in total. The molecule has 0 radical (unpaired) electrons. The molecule has 1 aliphatic carbocycles. The molecule has 6 heteroatoms. The molecule has 1 aliphatic rings. The summed E-state index contributed by atoms with van der Waals surface area (Å²) in [6.45, 7) is 2.52. The molecule has 1 unspecified atom stereocenters. The fraction of sp³-hybridized carbons (Fsp3) is 0.615. The van der Waals surface area contributed by atoms with Gasteiger partial charge in [-0.2, -0.15) is 0 Å². The number of nitrogens with one attached hydrogen (secondary N) is 1. The minimum Gasteiger partial charge on any atom is -0.481 e. The van der Waals surface area contributed by atoms with Crippen LogP contribution in [-0.2, 0) is 16.0 Å². The third-order valence-electron chi connectivity index (χ3n) is 3.57. The summed E-state index contributed by atoms with van der Waals surface area (Å²) in [6.07, 6.45) is 3.70. The molecule has 1 fully saturated rings. The topological polar surface area (TPSA) is 79.3 Å². The number of hydrogen-bond acceptors (Lipinski definition) is 4. The summed E-state index contributed by atoms with van der Waals surface area (Å²) in [5.41, 5.74) is 0. The van der Waals surface area contributed by atoms with E-state index in [2.05, 4.69) is 10.3 Å². The van der Waals surface area contributed by atoms with Crippen LogP contribution in [0.5, 0.6) is 0 Å². The van der Waals surface area contributed by atoms with Gasteiger partial charge in [-0.25, -0.2) is 4.98 Å². The fourth-order valence-electron chi connectivity index (χ4n) is 2.65. The largest absolute Gasteiger partial charge is 0.481 e. The first-order valence-corrected chi connectivity index (χ1v) is 7.34. The van der Waals surface area contributed by atoms with Crippen LogP contribution in [0.1, 0.15) is 24.8 Å². The minimum atomic E-state index is -0.857. The smallest absolute Gasteiger partial charge is 0.307 e. The Kier molecular flexibility index (Phi) is 4.52. The first-order chi connectivity index (χ1) is 9.08. The molecule has 1 heterocycles. The number of aromatic nitrogens is 1. The number of aliphatic carboxylic acids is 1. The molecule has 0 spiro atoms. The lowest BCUT2D eigenvalue weighted by Crippen LogP contribution is -2.36. The van der Waals surface area contributed by atoms with Crippen molar-refractivity contribution < 1.29 is 14.7 Å². The van der Waals surface area contributed by atoms with Gasteiger partial charge in [-0.05, 0) is 18.8 Å². The molecule has 0 aromatic carbocycles. The molecular formula is C13H18N2O3S. The average molecular weight is 282 g/mol. The second kappa shape index (κ2) is 6.14. The van der Waals surface area contributed by atoms with Gasteiger partial charge in [0.2, 0.25) is 5.91 Å². The summed E-state index contributed by atoms with van der Waals surface area (Å²) in [6, 6.07) is 0. The Hall–Kier alpha value is -1.43. The summed E-state index contributed by atoms with van der Waals surface area (Å²) in [7, 11) is 0. The third-order valence-corrected chi connectivity index (χ3v) is 4.41. The molecular weight excluding hydrogens is 264 g/mol. The van der Waals surface area contributed by atoms with Crippen molar-refractivity contribution in [3.8, 4) is 0 Å². The van der Waals surface area contributed by atoms with E-state index in [1.165, 1.54) is 0 Å². The van der Waals surface area contributed by atoms with Crippen molar-refractivity contribution in [1.29, 1.82) is 0 Å². The Morgan fingerprint density at radius 2 is 2.21 bits per heavy atom. The van der Waals surface area contributed by atoms with Crippen LogP contribution in [0.4, 0.5) is 0 Å². The SMILES string of the molecule is CC1C[C@H](C(=O)NCCc2nccs2)[C@H](C(=O)O)C1. The quantitative estimate of drug-likeness (QED) is 0.858. The van der Waals surface area contributed by atoms with Crippen molar-refractivity contribution >= 4 is 23.2 Å². The molecule has 104 valence electrons. The van der Waals surface area contributed by atoms with E-state index < -0.39 is 11.9 Å². The molecule has 1 amide bonds. The van der Waals surface area contributed by atoms with Crippen molar-refractivity contribution in [2.75, 3.05) is 6.54 Å². The van der Waals surface area contributed by atoms with Gasteiger partial charge >= 0.3 is 5.97 Å². The van der Waals surface area contributed by atoms with E-state index in [-0.39, 0.29) is 11.8 Å². The Balaban J connectivity index is 1.83. The molecule has 5 nitrogen and oxygen atoms in total. The van der Waals surface area contributed by atoms with Crippen molar-refractivity contribution in [2.24, 2.45) is 17.8 Å². The minimum absolute atomic E-state index is 0.131. The monoisotopic (exact) mass is 282 g/mol. The van der Waals surface area contributed by atoms with E-state index in [1.807, 2.05) is 12.3 Å². The van der Waals surface area contributed by atoms with Crippen LogP contribution in [0.2, 0.25) is 0 Å². The Morgan fingerprint density at radius 3 is 2.84 bits per heavy atom. The molecule has 0 aliphatic heterocycles. The second-order valence-corrected chi connectivity index (χ2v) is 6.07. The zero-order chi connectivity index (χ0) is 13.8. The summed E-state index contributed by atoms with van der Waals surface area (Å²) in [5.74, 6) is -1.60. The lowest BCUT2D eigenvalue weighted by atomic mass is 9.95. The number of carbonyl (C=O) groups excluding carboxylic acids is 1. The zero-order valence-electron chi connectivity index (χ0n) is 10.8. The van der Waals surface area contributed by atoms with Gasteiger partial charge in [-0.3, -0.25) is 9.59 Å². The number of carbonyl (C=O) groups is 2. The number of hydrogen-bond donors (Lipinski definition) is 2. The number of rotatable bonds is 5. The third kappa shape index (κ3) is 3.53. The van der Waals surface area contributed by atoms with E-state index in [9.17, 15) is 9.59 Å². The highest BCUT2D eigenvalue weighted by molar-refractivity contribution is 7.09. The van der Waals surface area contributed by atoms with Gasteiger partial charge in [-0.1, -0.05) is 6.92 Å². The van der Waals surface area contributed by atoms with E-state index in [4.69, 9.17) is 5.11 Å². The summed E-state index contributed by atoms with van der Waals surface area (Å²) >= 11 is 1.56. The standard InChI is InChI=1S/C13H18N2O3S/c1-8-6-9(10(7-8)13(17)18)12(16)15-3-2-11-14-4-5-19-11/h4-5,8-10H,2-3,6-7H2,1H3,(H,15,16)(H,17,18)/t8?,9-,10+/m0/s1. The lowest BCUT2D eigenvalue weighted by molar-refractivity contribution is -0.146. The maximum atomic E-state index is 12.0. The van der Waals surface area contributed by atoms with E-state index in [0.29, 0.717) is 31.7 Å². The normalized spacial score (nSPS) is 26.3. The molecule has 0 saturated heterocycles. The summed E-state index contributed by atoms with van der Waals surface area (Å²) in [5, 5.41) is 14.9. The first kappa shape index (κ1) is 14.0. The van der Waals surface area contributed by atoms with Crippen molar-refractivity contribution in [1.82, 2.24) is 10.3 Å². The van der Waals surface area contributed by atoms with Crippen molar-refractivity contribution in [3.63, 3.8) is 0 Å². The molecule has 3 atom stereocenters. The van der Waals surface area contributed by atoms with Crippen molar-refractivity contribution in [2.45, 2.75) is 26.2 Å². The van der Waals surface area contributed by atoms with E-state index in [1.54, 1.807) is 17.5 Å². The summed E-state index contributed by atoms with van der Waals surface area (Å²) < 4.78 is 0. The molecule has 1 aromatic rings. The van der Waals surface area contributed by atoms with Crippen molar-refractivity contribution in [3.05, 3.63) is 16.6 Å². The summed E-state index contributed by atoms with van der Waals surface area (Å²) in [4.78, 5) is 27.3. The number of nitrogens with zero attached hydrogens (tertiary/aromatic N) is 1. The molecule has 0 bridgehead atoms. The van der Waals surface area contributed by atoms with Gasteiger partial charge in [-0.15, -0.1) is 11.3 Å². The van der Waals surface area contributed by atoms with Crippen LogP contribution in [0.25, 0.3) is 0 Å². The van der Waals surface area contributed by atoms with Crippen LogP contribution in [-0.4, -0.2) is 28.5 Å². The van der Waals surface area contributed by atoms with Crippen LogP contribution < -0.4 is 5.32 Å². The Bertz CT molecular complexity index is 447. The predicted molar refractivity (Wildman–Crippen MR) is 71.8 cm³/mol. The van der Waals surface area contributed by atoms with E-state index in [0.717, 1.165) is 5.01 Å². The van der Waals surface area contributed by atoms with Gasteiger partial charge in [0.05, 0.1) is 16.8 Å². The first-order valence-electron chi connectivity index (χ1n) is 6.46. The molecule has 1 saturated carbocycles. The molecule has 1 aromatic heterocycles. The number of amides is 1. The Labute approximate surface area is 116 Å². The highest BCUT2D eigenvalue weighted by atomic mass is 32.1. The highest BCUT2D eigenvalue weighted by Gasteiger charge is 2.40. The van der Waals surface area contributed by atoms with Crippen LogP contribution >= 0.6 is 11.3 Å². The van der Waals surface area contributed by atoms with Crippen LogP contribution in [0.15, 0.2) is 11.6 Å². The van der Waals surface area contributed by atoms with Gasteiger partial charge in [0.25, 0.3) is 0 Å². The van der Waals surface area contributed by atoms with Gasteiger partial charge in [0.1, 0.15) is 0 Å². The second-order valence-electron chi connectivity index (χ2n) is 5.09. The van der Waals surface area contributed by atoms with Crippen LogP contribution in [0, 0.1) is 17.8 Å². The average Bonchev–Trinajstić information content (AvgIpc) is 2.98. The maximum Gasteiger partial charge on any atom is 0.307 e. The zero-order valence-corrected chi connectivity index (χ0v) is 11.7. The maximum absolute atomic E-state index is 12.0. The fourth-order valence-corrected chi connectivity index (χ4v) is 3.28. The van der Waals surface area contributed by atoms with Gasteiger partial charge in [0, 0.05) is 24.5 Å². The highest BCUT2D eigenvalue weighted by Crippen LogP contribution is 2.36. The number of carboxylic acid groups (broad SMARTS) is 1. The predicted octanol–water partition coefficient (Wildman–Crippen LogP) is 1.55. The van der Waals surface area contributed by atoms with Gasteiger partial charge in [0.15, 0.2) is 0 Å². The van der Waals surface area contributed by atoms with E-state index >= 15 is 0 Å². The number of carboxylic acids is 1. The lowest BCUT2D eigenvalue weighted by Gasteiger charge is -2.15. The molecule has 2 rings (SSSR count). The van der Waals surface area contributed by atoms with Crippen LogP contribution in [0.3, 0.4) is 0 Å². The Morgan fingerprint density at radius 1 is 1.47 bits per heavy atom. The number of thiazole rings is 1. The van der Waals surface area contributed by atoms with Gasteiger partial charge < -0.3 is 10.4 Å². The molecule has 19 heavy (non-hydrogen) atoms.